The van der Waals surface area contributed by atoms with Crippen LogP contribution >= 0.6 is 0 Å². The number of carbonyl (C=O) groups is 1. The van der Waals surface area contributed by atoms with Crippen LogP contribution in [0.4, 0.5) is 0 Å². The zero-order chi connectivity index (χ0) is 20.6. The zero-order valence-corrected chi connectivity index (χ0v) is 17.7. The topological polar surface area (TPSA) is 50.8 Å². The predicted molar refractivity (Wildman–Crippen MR) is 115 cm³/mol. The van der Waals surface area contributed by atoms with E-state index in [4.69, 9.17) is 9.47 Å². The minimum absolute atomic E-state index is 0.173. The average Bonchev–Trinajstić information content (AvgIpc) is 2.73. The highest BCUT2D eigenvalue weighted by Gasteiger charge is 2.23. The molecule has 0 atom stereocenters. The molecule has 0 spiro atoms. The van der Waals surface area contributed by atoms with Crippen LogP contribution in [0.2, 0.25) is 0 Å². The lowest BCUT2D eigenvalue weighted by Crippen LogP contribution is -2.45. The van der Waals surface area contributed by atoms with Crippen LogP contribution in [0.3, 0.4) is 0 Å². The maximum Gasteiger partial charge on any atom is 0.227 e. The summed E-state index contributed by atoms with van der Waals surface area (Å²) >= 11 is 0. The Labute approximate surface area is 174 Å². The molecule has 1 fully saturated rings. The van der Waals surface area contributed by atoms with Gasteiger partial charge in [-0.25, -0.2) is 0 Å². The van der Waals surface area contributed by atoms with E-state index in [1.165, 1.54) is 5.56 Å². The molecule has 2 aromatic rings. The Bertz CT molecular complexity index is 798. The summed E-state index contributed by atoms with van der Waals surface area (Å²) in [5.41, 5.74) is 2.17. The predicted octanol–water partition coefficient (Wildman–Crippen LogP) is 3.81. The molecule has 1 amide bonds. The molecule has 29 heavy (non-hydrogen) atoms. The second-order valence-electron chi connectivity index (χ2n) is 7.84. The van der Waals surface area contributed by atoms with Crippen molar-refractivity contribution in [2.75, 3.05) is 20.2 Å². The fourth-order valence-corrected chi connectivity index (χ4v) is 3.72. The second kappa shape index (κ2) is 10.3. The van der Waals surface area contributed by atoms with Gasteiger partial charge in [-0.1, -0.05) is 30.3 Å². The molecule has 1 saturated heterocycles. The fourth-order valence-electron chi connectivity index (χ4n) is 3.72. The van der Waals surface area contributed by atoms with Crippen LogP contribution in [-0.2, 0) is 17.8 Å². The van der Waals surface area contributed by atoms with Crippen LogP contribution in [0, 0.1) is 0 Å². The Kier molecular flexibility index (Phi) is 7.53. The molecule has 1 aliphatic heterocycles. The average molecular weight is 397 g/mol. The largest absolute Gasteiger partial charge is 0.496 e. The number of likely N-dealkylation sites (tertiary alicyclic amines) is 1. The zero-order valence-electron chi connectivity index (χ0n) is 17.7. The molecule has 0 aromatic heterocycles. The van der Waals surface area contributed by atoms with E-state index in [2.05, 4.69) is 17.4 Å². The molecule has 5 heteroatoms. The van der Waals surface area contributed by atoms with Gasteiger partial charge in [0.2, 0.25) is 5.91 Å². The van der Waals surface area contributed by atoms with Gasteiger partial charge in [0.25, 0.3) is 0 Å². The Hall–Kier alpha value is -2.53. The van der Waals surface area contributed by atoms with Gasteiger partial charge in [-0.2, -0.15) is 0 Å². The normalized spacial score (nSPS) is 14.8. The number of nitrogens with zero attached hydrogens (tertiary/aromatic N) is 1. The van der Waals surface area contributed by atoms with Crippen LogP contribution in [0.15, 0.2) is 48.5 Å². The van der Waals surface area contributed by atoms with Gasteiger partial charge in [0, 0.05) is 31.2 Å². The summed E-state index contributed by atoms with van der Waals surface area (Å²) in [5, 5.41) is 3.63. The lowest BCUT2D eigenvalue weighted by atomic mass is 10.0. The molecular formula is C24H32N2O3. The first-order chi connectivity index (χ1) is 14.0. The van der Waals surface area contributed by atoms with Gasteiger partial charge in [-0.15, -0.1) is 0 Å². The van der Waals surface area contributed by atoms with Crippen molar-refractivity contribution in [1.29, 1.82) is 0 Å². The van der Waals surface area contributed by atoms with E-state index in [1.807, 2.05) is 55.1 Å². The van der Waals surface area contributed by atoms with E-state index in [-0.39, 0.29) is 12.0 Å². The van der Waals surface area contributed by atoms with Crippen LogP contribution in [0.25, 0.3) is 0 Å². The van der Waals surface area contributed by atoms with Crippen molar-refractivity contribution in [2.45, 2.75) is 51.8 Å². The lowest BCUT2D eigenvalue weighted by molar-refractivity contribution is -0.131. The standard InChI is InChI=1S/C24H32N2O3/c1-18(2)29-22-9-6-7-19(15-22)17-25-21-11-13-26(14-12-21)24(27)16-20-8-4-5-10-23(20)28-3/h4-10,15,18,21,25H,11-14,16-17H2,1-3H3. The van der Waals surface area contributed by atoms with Crippen molar-refractivity contribution < 1.29 is 14.3 Å². The van der Waals surface area contributed by atoms with Crippen molar-refractivity contribution in [3.63, 3.8) is 0 Å². The quantitative estimate of drug-likeness (QED) is 0.737. The van der Waals surface area contributed by atoms with Gasteiger partial charge in [0.05, 0.1) is 19.6 Å². The number of methoxy groups -OCH3 is 1. The van der Waals surface area contributed by atoms with Crippen LogP contribution in [0.1, 0.15) is 37.8 Å². The van der Waals surface area contributed by atoms with E-state index < -0.39 is 0 Å². The second-order valence-corrected chi connectivity index (χ2v) is 7.84. The Morgan fingerprint density at radius 2 is 1.90 bits per heavy atom. The SMILES string of the molecule is COc1ccccc1CC(=O)N1CCC(NCc2cccc(OC(C)C)c2)CC1. The Balaban J connectivity index is 1.45. The van der Waals surface area contributed by atoms with Gasteiger partial charge in [0.15, 0.2) is 0 Å². The van der Waals surface area contributed by atoms with Crippen molar-refractivity contribution in [2.24, 2.45) is 0 Å². The number of rotatable bonds is 8. The molecule has 0 saturated carbocycles. The lowest BCUT2D eigenvalue weighted by Gasteiger charge is -2.32. The Morgan fingerprint density at radius 3 is 2.62 bits per heavy atom. The minimum atomic E-state index is 0.173. The van der Waals surface area contributed by atoms with Crippen molar-refractivity contribution in [3.05, 3.63) is 59.7 Å². The molecule has 0 aliphatic carbocycles. The number of amides is 1. The number of ether oxygens (including phenoxy) is 2. The maximum absolute atomic E-state index is 12.7. The molecule has 3 rings (SSSR count). The van der Waals surface area contributed by atoms with Crippen molar-refractivity contribution in [3.8, 4) is 11.5 Å². The Morgan fingerprint density at radius 1 is 1.14 bits per heavy atom. The number of nitrogens with one attached hydrogen (secondary N) is 1. The smallest absolute Gasteiger partial charge is 0.227 e. The van der Waals surface area contributed by atoms with E-state index >= 15 is 0 Å². The number of hydrogen-bond donors (Lipinski definition) is 1. The monoisotopic (exact) mass is 396 g/mol. The molecule has 2 aromatic carbocycles. The molecule has 1 aliphatic rings. The molecule has 1 heterocycles. The molecule has 5 nitrogen and oxygen atoms in total. The van der Waals surface area contributed by atoms with Crippen LogP contribution < -0.4 is 14.8 Å². The summed E-state index contributed by atoms with van der Waals surface area (Å²) in [4.78, 5) is 14.7. The van der Waals surface area contributed by atoms with Crippen molar-refractivity contribution >= 4 is 5.91 Å². The number of carbonyl (C=O) groups excluding carboxylic acids is 1. The van der Waals surface area contributed by atoms with Crippen LogP contribution in [0.5, 0.6) is 11.5 Å². The third-order valence-electron chi connectivity index (χ3n) is 5.25. The first-order valence-corrected chi connectivity index (χ1v) is 10.4. The molecular weight excluding hydrogens is 364 g/mol. The first-order valence-electron chi connectivity index (χ1n) is 10.4. The summed E-state index contributed by atoms with van der Waals surface area (Å²) in [7, 11) is 1.64. The third-order valence-corrected chi connectivity index (χ3v) is 5.25. The van der Waals surface area contributed by atoms with E-state index in [1.54, 1.807) is 7.11 Å². The highest BCUT2D eigenvalue weighted by molar-refractivity contribution is 5.79. The molecule has 156 valence electrons. The van der Waals surface area contributed by atoms with Gasteiger partial charge < -0.3 is 19.7 Å². The summed E-state index contributed by atoms with van der Waals surface area (Å²) in [6.07, 6.45) is 2.51. The van der Waals surface area contributed by atoms with Crippen molar-refractivity contribution in [1.82, 2.24) is 10.2 Å². The minimum Gasteiger partial charge on any atom is -0.496 e. The summed E-state index contributed by atoms with van der Waals surface area (Å²) in [5.74, 6) is 1.86. The highest BCUT2D eigenvalue weighted by Crippen LogP contribution is 2.20. The van der Waals surface area contributed by atoms with E-state index in [9.17, 15) is 4.79 Å². The van der Waals surface area contributed by atoms with E-state index in [0.717, 1.165) is 49.5 Å². The van der Waals surface area contributed by atoms with Gasteiger partial charge in [0.1, 0.15) is 11.5 Å². The first kappa shape index (κ1) is 21.2. The molecule has 1 N–H and O–H groups in total. The summed E-state index contributed by atoms with van der Waals surface area (Å²) in [6, 6.07) is 16.4. The number of benzene rings is 2. The van der Waals surface area contributed by atoms with Gasteiger partial charge >= 0.3 is 0 Å². The number of hydrogen-bond acceptors (Lipinski definition) is 4. The number of para-hydroxylation sites is 1. The third kappa shape index (κ3) is 6.23. The van der Waals surface area contributed by atoms with Crippen LogP contribution in [-0.4, -0.2) is 43.2 Å². The maximum atomic E-state index is 12.7. The summed E-state index contributed by atoms with van der Waals surface area (Å²) < 4.78 is 11.1. The molecule has 0 radical (unpaired) electrons. The fraction of sp³-hybridized carbons (Fsp3) is 0.458. The van der Waals surface area contributed by atoms with E-state index in [0.29, 0.717) is 12.5 Å². The number of piperidine rings is 1. The van der Waals surface area contributed by atoms with Gasteiger partial charge in [-0.3, -0.25) is 4.79 Å². The molecule has 0 bridgehead atoms. The highest BCUT2D eigenvalue weighted by atomic mass is 16.5. The summed E-state index contributed by atoms with van der Waals surface area (Å²) in [6.45, 7) is 6.47. The van der Waals surface area contributed by atoms with Gasteiger partial charge in [-0.05, 0) is 50.5 Å². The molecule has 0 unspecified atom stereocenters.